The molecule has 1 saturated heterocycles. The first-order valence-electron chi connectivity index (χ1n) is 8.44. The summed E-state index contributed by atoms with van der Waals surface area (Å²) in [6.07, 6.45) is 2.21. The van der Waals surface area contributed by atoms with Gasteiger partial charge in [0.2, 0.25) is 15.9 Å². The fourth-order valence-electron chi connectivity index (χ4n) is 3.13. The molecule has 0 aromatic heterocycles. The smallest absolute Gasteiger partial charge is 0.256 e. The Bertz CT molecular complexity index is 765. The normalized spacial score (nSPS) is 21.2. The molecule has 6 nitrogen and oxygen atoms in total. The van der Waals surface area contributed by atoms with Gasteiger partial charge in [-0.05, 0) is 18.4 Å². The van der Waals surface area contributed by atoms with Crippen LogP contribution in [0.15, 0.2) is 43.0 Å². The standard InChI is InChI=1S/C18H24N2O4S2/c1-3-11-26(23,24)19-17(21)16-10-9-15(14-7-5-4-6-8-14)20(16)18(22)13(2)12-25/h3-8,13,15-16,25H,1,9-12H2,2H3,(H,19,21)/t13-,15?,16+/m1/s1. The Morgan fingerprint density at radius 3 is 2.58 bits per heavy atom. The molecule has 1 fully saturated rings. The molecule has 1 aliphatic rings. The lowest BCUT2D eigenvalue weighted by molar-refractivity contribution is -0.142. The molecule has 2 rings (SSSR count). The van der Waals surface area contributed by atoms with Gasteiger partial charge in [0.1, 0.15) is 6.04 Å². The van der Waals surface area contributed by atoms with Crippen molar-refractivity contribution in [1.29, 1.82) is 0 Å². The van der Waals surface area contributed by atoms with Crippen molar-refractivity contribution in [1.82, 2.24) is 9.62 Å². The van der Waals surface area contributed by atoms with Gasteiger partial charge >= 0.3 is 0 Å². The van der Waals surface area contributed by atoms with Crippen LogP contribution in [-0.4, -0.2) is 42.7 Å². The van der Waals surface area contributed by atoms with Gasteiger partial charge in [-0.2, -0.15) is 12.6 Å². The SMILES string of the molecule is C=CCS(=O)(=O)NC(=O)[C@@H]1CCC(c2ccccc2)N1C(=O)[C@H](C)CS. The van der Waals surface area contributed by atoms with Gasteiger partial charge in [0.05, 0.1) is 11.8 Å². The first-order valence-corrected chi connectivity index (χ1v) is 10.7. The summed E-state index contributed by atoms with van der Waals surface area (Å²) in [6, 6.07) is 8.37. The van der Waals surface area contributed by atoms with Crippen molar-refractivity contribution in [2.45, 2.75) is 31.8 Å². The third-order valence-corrected chi connectivity index (χ3v) is 6.15. The van der Waals surface area contributed by atoms with Crippen molar-refractivity contribution < 1.29 is 18.0 Å². The summed E-state index contributed by atoms with van der Waals surface area (Å²) in [4.78, 5) is 27.0. The van der Waals surface area contributed by atoms with E-state index >= 15 is 0 Å². The summed E-state index contributed by atoms with van der Waals surface area (Å²) in [5.74, 6) is -1.26. The maximum atomic E-state index is 12.9. The molecule has 0 spiro atoms. The third kappa shape index (κ3) is 4.67. The minimum absolute atomic E-state index is 0.201. The molecule has 142 valence electrons. The maximum Gasteiger partial charge on any atom is 0.256 e. The monoisotopic (exact) mass is 396 g/mol. The van der Waals surface area contributed by atoms with Crippen LogP contribution in [0.3, 0.4) is 0 Å². The number of benzene rings is 1. The van der Waals surface area contributed by atoms with E-state index in [1.807, 2.05) is 30.3 Å². The van der Waals surface area contributed by atoms with Gasteiger partial charge in [0, 0.05) is 11.7 Å². The Hall–Kier alpha value is -1.80. The van der Waals surface area contributed by atoms with Gasteiger partial charge in [-0.3, -0.25) is 14.3 Å². The number of rotatable bonds is 7. The zero-order chi connectivity index (χ0) is 19.3. The topological polar surface area (TPSA) is 83.6 Å². The summed E-state index contributed by atoms with van der Waals surface area (Å²) in [6.45, 7) is 5.13. The summed E-state index contributed by atoms with van der Waals surface area (Å²) in [5, 5.41) is 0. The number of nitrogens with zero attached hydrogens (tertiary/aromatic N) is 1. The second kappa shape index (κ2) is 8.73. The number of thiol groups is 1. The van der Waals surface area contributed by atoms with Crippen molar-refractivity contribution in [2.24, 2.45) is 5.92 Å². The third-order valence-electron chi connectivity index (χ3n) is 4.42. The van der Waals surface area contributed by atoms with Gasteiger partial charge < -0.3 is 4.90 Å². The van der Waals surface area contributed by atoms with Crippen LogP contribution in [0, 0.1) is 5.92 Å². The number of carbonyl (C=O) groups is 2. The van der Waals surface area contributed by atoms with Crippen molar-refractivity contribution in [3.05, 3.63) is 48.6 Å². The molecule has 1 heterocycles. The average Bonchev–Trinajstić information content (AvgIpc) is 3.05. The molecular weight excluding hydrogens is 372 g/mol. The lowest BCUT2D eigenvalue weighted by Gasteiger charge is -2.32. The molecule has 0 bridgehead atoms. The van der Waals surface area contributed by atoms with E-state index in [0.29, 0.717) is 18.6 Å². The van der Waals surface area contributed by atoms with E-state index in [0.717, 1.165) is 5.56 Å². The molecule has 0 aliphatic carbocycles. The van der Waals surface area contributed by atoms with E-state index in [1.165, 1.54) is 11.0 Å². The molecule has 1 N–H and O–H groups in total. The van der Waals surface area contributed by atoms with Crippen molar-refractivity contribution in [2.75, 3.05) is 11.5 Å². The lowest BCUT2D eigenvalue weighted by Crippen LogP contribution is -2.50. The Labute approximate surface area is 160 Å². The van der Waals surface area contributed by atoms with Gasteiger partial charge in [-0.1, -0.05) is 43.3 Å². The highest BCUT2D eigenvalue weighted by molar-refractivity contribution is 7.90. The highest BCUT2D eigenvalue weighted by Crippen LogP contribution is 2.37. The summed E-state index contributed by atoms with van der Waals surface area (Å²) in [7, 11) is -3.80. The van der Waals surface area contributed by atoms with E-state index in [2.05, 4.69) is 23.9 Å². The molecule has 8 heteroatoms. The van der Waals surface area contributed by atoms with E-state index in [4.69, 9.17) is 0 Å². The lowest BCUT2D eigenvalue weighted by atomic mass is 10.0. The number of amides is 2. The molecule has 26 heavy (non-hydrogen) atoms. The Balaban J connectivity index is 2.31. The molecule has 1 unspecified atom stereocenters. The Morgan fingerprint density at radius 1 is 1.35 bits per heavy atom. The van der Waals surface area contributed by atoms with Crippen LogP contribution in [0.2, 0.25) is 0 Å². The Morgan fingerprint density at radius 2 is 2.00 bits per heavy atom. The molecule has 1 aromatic rings. The fourth-order valence-corrected chi connectivity index (χ4v) is 4.12. The molecular formula is C18H24N2O4S2. The minimum Gasteiger partial charge on any atom is -0.323 e. The number of likely N-dealkylation sites (tertiary alicyclic amines) is 1. The molecule has 0 radical (unpaired) electrons. The number of nitrogens with one attached hydrogen (secondary N) is 1. The van der Waals surface area contributed by atoms with Crippen LogP contribution in [0.1, 0.15) is 31.4 Å². The second-order valence-electron chi connectivity index (χ2n) is 6.39. The van der Waals surface area contributed by atoms with Crippen molar-refractivity contribution in [3.8, 4) is 0 Å². The first-order chi connectivity index (χ1) is 12.3. The van der Waals surface area contributed by atoms with Gasteiger partial charge in [0.25, 0.3) is 5.91 Å². The zero-order valence-corrected chi connectivity index (χ0v) is 16.4. The predicted molar refractivity (Wildman–Crippen MR) is 104 cm³/mol. The number of hydrogen-bond donors (Lipinski definition) is 2. The van der Waals surface area contributed by atoms with E-state index in [9.17, 15) is 18.0 Å². The average molecular weight is 397 g/mol. The number of hydrogen-bond acceptors (Lipinski definition) is 5. The molecule has 1 aromatic carbocycles. The number of carbonyl (C=O) groups excluding carboxylic acids is 2. The van der Waals surface area contributed by atoms with Gasteiger partial charge in [0.15, 0.2) is 0 Å². The van der Waals surface area contributed by atoms with E-state index < -0.39 is 22.0 Å². The van der Waals surface area contributed by atoms with E-state index in [-0.39, 0.29) is 23.6 Å². The van der Waals surface area contributed by atoms with Gasteiger partial charge in [-0.25, -0.2) is 8.42 Å². The predicted octanol–water partition coefficient (Wildman–Crippen LogP) is 1.92. The first kappa shape index (κ1) is 20.5. The van der Waals surface area contributed by atoms with Crippen LogP contribution < -0.4 is 4.72 Å². The highest BCUT2D eigenvalue weighted by Gasteiger charge is 2.43. The van der Waals surface area contributed by atoms with Crippen LogP contribution >= 0.6 is 12.6 Å². The van der Waals surface area contributed by atoms with Crippen LogP contribution in [0.5, 0.6) is 0 Å². The molecule has 2 amide bonds. The molecule has 1 aliphatic heterocycles. The highest BCUT2D eigenvalue weighted by atomic mass is 32.2. The maximum absolute atomic E-state index is 12.9. The van der Waals surface area contributed by atoms with Crippen LogP contribution in [-0.2, 0) is 19.6 Å². The van der Waals surface area contributed by atoms with Crippen molar-refractivity contribution in [3.63, 3.8) is 0 Å². The molecule has 0 saturated carbocycles. The summed E-state index contributed by atoms with van der Waals surface area (Å²) >= 11 is 4.19. The van der Waals surface area contributed by atoms with Crippen LogP contribution in [0.4, 0.5) is 0 Å². The molecule has 3 atom stereocenters. The number of sulfonamides is 1. The quantitative estimate of drug-likeness (QED) is 0.545. The Kier molecular flexibility index (Phi) is 6.88. The minimum atomic E-state index is -3.80. The van der Waals surface area contributed by atoms with Crippen molar-refractivity contribution >= 4 is 34.5 Å². The van der Waals surface area contributed by atoms with Gasteiger partial charge in [-0.15, -0.1) is 6.58 Å². The fraction of sp³-hybridized carbons (Fsp3) is 0.444. The summed E-state index contributed by atoms with van der Waals surface area (Å²) in [5.41, 5.74) is 0.927. The zero-order valence-electron chi connectivity index (χ0n) is 14.7. The summed E-state index contributed by atoms with van der Waals surface area (Å²) < 4.78 is 25.9. The van der Waals surface area contributed by atoms with E-state index in [1.54, 1.807) is 6.92 Å². The largest absolute Gasteiger partial charge is 0.323 e. The van der Waals surface area contributed by atoms with Crippen LogP contribution in [0.25, 0.3) is 0 Å². The second-order valence-corrected chi connectivity index (χ2v) is 8.52.